The van der Waals surface area contributed by atoms with Gasteiger partial charge in [0.15, 0.2) is 0 Å². The molecule has 0 N–H and O–H groups in total. The van der Waals surface area contributed by atoms with Crippen molar-refractivity contribution in [1.82, 2.24) is 9.38 Å². The van der Waals surface area contributed by atoms with E-state index in [-0.39, 0.29) is 12.4 Å². The number of imidazole rings is 1. The standard InChI is InChI=1S/C9H9ClN2.ClH/c1-7-3-2-4-9-11-8(5-10)6-12(7)9;/h2-4,6H,5H2,1H3;1H. The molecule has 2 rings (SSSR count). The smallest absolute Gasteiger partial charge is 0.137 e. The molecule has 2 aromatic rings. The third kappa shape index (κ3) is 1.79. The minimum atomic E-state index is 0. The fraction of sp³-hybridized carbons (Fsp3) is 0.222. The van der Waals surface area contributed by atoms with Gasteiger partial charge in [0.2, 0.25) is 0 Å². The van der Waals surface area contributed by atoms with Crippen LogP contribution in [0.3, 0.4) is 0 Å². The molecule has 2 nitrogen and oxygen atoms in total. The van der Waals surface area contributed by atoms with Gasteiger partial charge < -0.3 is 4.40 Å². The van der Waals surface area contributed by atoms with Crippen molar-refractivity contribution in [3.05, 3.63) is 35.8 Å². The molecule has 0 fully saturated rings. The maximum absolute atomic E-state index is 5.67. The number of pyridine rings is 1. The predicted octanol–water partition coefficient (Wildman–Crippen LogP) is 2.80. The summed E-state index contributed by atoms with van der Waals surface area (Å²) in [6, 6.07) is 6.02. The molecule has 0 unspecified atom stereocenters. The first-order valence-electron chi connectivity index (χ1n) is 3.81. The SMILES string of the molecule is Cc1cccc2nc(CCl)cn12.Cl. The molecule has 2 aromatic heterocycles. The minimum absolute atomic E-state index is 0. The summed E-state index contributed by atoms with van der Waals surface area (Å²) >= 11 is 5.67. The van der Waals surface area contributed by atoms with Crippen LogP contribution in [0.2, 0.25) is 0 Å². The van der Waals surface area contributed by atoms with Crippen molar-refractivity contribution in [2.75, 3.05) is 0 Å². The zero-order valence-corrected chi connectivity index (χ0v) is 8.77. The summed E-state index contributed by atoms with van der Waals surface area (Å²) in [5.74, 6) is 0.473. The van der Waals surface area contributed by atoms with Crippen LogP contribution in [-0.4, -0.2) is 9.38 Å². The van der Waals surface area contributed by atoms with Crippen molar-refractivity contribution >= 4 is 29.7 Å². The monoisotopic (exact) mass is 216 g/mol. The molecule has 4 heteroatoms. The van der Waals surface area contributed by atoms with E-state index in [0.717, 1.165) is 11.3 Å². The zero-order valence-electron chi connectivity index (χ0n) is 7.20. The molecule has 13 heavy (non-hydrogen) atoms. The lowest BCUT2D eigenvalue weighted by molar-refractivity contribution is 1.09. The van der Waals surface area contributed by atoms with Gasteiger partial charge in [-0.3, -0.25) is 0 Å². The van der Waals surface area contributed by atoms with Gasteiger partial charge in [0, 0.05) is 11.9 Å². The average molecular weight is 217 g/mol. The molecule has 0 aromatic carbocycles. The van der Waals surface area contributed by atoms with Crippen LogP contribution in [0.4, 0.5) is 0 Å². The van der Waals surface area contributed by atoms with Crippen LogP contribution in [0.25, 0.3) is 5.65 Å². The molecular weight excluding hydrogens is 207 g/mol. The van der Waals surface area contributed by atoms with E-state index in [4.69, 9.17) is 11.6 Å². The number of nitrogens with zero attached hydrogens (tertiary/aromatic N) is 2. The quantitative estimate of drug-likeness (QED) is 0.671. The van der Waals surface area contributed by atoms with Crippen molar-refractivity contribution in [2.45, 2.75) is 12.8 Å². The lowest BCUT2D eigenvalue weighted by atomic mass is 10.4. The number of hydrogen-bond donors (Lipinski definition) is 0. The Morgan fingerprint density at radius 2 is 2.23 bits per heavy atom. The first-order chi connectivity index (χ1) is 5.81. The normalized spacial score (nSPS) is 10.0. The summed E-state index contributed by atoms with van der Waals surface area (Å²) in [5, 5.41) is 0. The van der Waals surface area contributed by atoms with Gasteiger partial charge in [0.25, 0.3) is 0 Å². The van der Waals surface area contributed by atoms with Gasteiger partial charge in [-0.15, -0.1) is 24.0 Å². The Kier molecular flexibility index (Phi) is 3.17. The summed E-state index contributed by atoms with van der Waals surface area (Å²) in [4.78, 5) is 4.32. The Bertz CT molecular complexity index is 409. The second-order valence-electron chi connectivity index (χ2n) is 2.76. The van der Waals surface area contributed by atoms with Crippen LogP contribution in [0.5, 0.6) is 0 Å². The molecule has 0 radical (unpaired) electrons. The van der Waals surface area contributed by atoms with Crippen molar-refractivity contribution in [1.29, 1.82) is 0 Å². The Morgan fingerprint density at radius 1 is 1.46 bits per heavy atom. The fourth-order valence-electron chi connectivity index (χ4n) is 1.26. The van der Waals surface area contributed by atoms with E-state index in [1.54, 1.807) is 0 Å². The molecule has 0 saturated heterocycles. The first-order valence-corrected chi connectivity index (χ1v) is 4.34. The van der Waals surface area contributed by atoms with Crippen molar-refractivity contribution in [3.8, 4) is 0 Å². The van der Waals surface area contributed by atoms with E-state index in [1.807, 2.05) is 35.7 Å². The van der Waals surface area contributed by atoms with Crippen LogP contribution in [0.1, 0.15) is 11.4 Å². The highest BCUT2D eigenvalue weighted by Gasteiger charge is 2.00. The lowest BCUT2D eigenvalue weighted by Gasteiger charge is -1.95. The molecule has 2 heterocycles. The van der Waals surface area contributed by atoms with Crippen molar-refractivity contribution in [3.63, 3.8) is 0 Å². The number of aromatic nitrogens is 2. The van der Waals surface area contributed by atoms with E-state index >= 15 is 0 Å². The molecular formula is C9H10Cl2N2. The van der Waals surface area contributed by atoms with E-state index in [1.165, 1.54) is 5.69 Å². The second kappa shape index (κ2) is 3.99. The predicted molar refractivity (Wildman–Crippen MR) is 56.7 cm³/mol. The van der Waals surface area contributed by atoms with Crippen LogP contribution >= 0.6 is 24.0 Å². The minimum Gasteiger partial charge on any atom is -0.304 e. The Labute approximate surface area is 88.0 Å². The van der Waals surface area contributed by atoms with Gasteiger partial charge >= 0.3 is 0 Å². The summed E-state index contributed by atoms with van der Waals surface area (Å²) in [6.45, 7) is 2.05. The summed E-state index contributed by atoms with van der Waals surface area (Å²) < 4.78 is 2.04. The Balaban J connectivity index is 0.000000845. The van der Waals surface area contributed by atoms with Gasteiger partial charge in [-0.2, -0.15) is 0 Å². The third-order valence-electron chi connectivity index (χ3n) is 1.88. The Morgan fingerprint density at radius 3 is 2.85 bits per heavy atom. The molecule has 0 spiro atoms. The van der Waals surface area contributed by atoms with Gasteiger partial charge in [0.1, 0.15) is 5.65 Å². The van der Waals surface area contributed by atoms with Crippen LogP contribution in [0.15, 0.2) is 24.4 Å². The zero-order chi connectivity index (χ0) is 8.55. The summed E-state index contributed by atoms with van der Waals surface area (Å²) in [5.41, 5.74) is 3.06. The topological polar surface area (TPSA) is 17.3 Å². The van der Waals surface area contributed by atoms with Gasteiger partial charge in [-0.1, -0.05) is 6.07 Å². The number of alkyl halides is 1. The van der Waals surface area contributed by atoms with E-state index in [9.17, 15) is 0 Å². The number of fused-ring (bicyclic) bond motifs is 1. The maximum atomic E-state index is 5.67. The van der Waals surface area contributed by atoms with Crippen LogP contribution in [0, 0.1) is 6.92 Å². The van der Waals surface area contributed by atoms with Gasteiger partial charge in [-0.05, 0) is 19.1 Å². The van der Waals surface area contributed by atoms with Crippen molar-refractivity contribution < 1.29 is 0 Å². The van der Waals surface area contributed by atoms with E-state index in [2.05, 4.69) is 4.98 Å². The highest BCUT2D eigenvalue weighted by atomic mass is 35.5. The number of rotatable bonds is 1. The highest BCUT2D eigenvalue weighted by Crippen LogP contribution is 2.09. The molecule has 0 aliphatic heterocycles. The third-order valence-corrected chi connectivity index (χ3v) is 2.16. The largest absolute Gasteiger partial charge is 0.304 e. The molecule has 0 aliphatic rings. The number of aryl methyl sites for hydroxylation is 1. The molecule has 0 saturated carbocycles. The van der Waals surface area contributed by atoms with E-state index in [0.29, 0.717) is 5.88 Å². The summed E-state index contributed by atoms with van der Waals surface area (Å²) in [7, 11) is 0. The van der Waals surface area contributed by atoms with E-state index < -0.39 is 0 Å². The molecule has 70 valence electrons. The van der Waals surface area contributed by atoms with Crippen LogP contribution < -0.4 is 0 Å². The van der Waals surface area contributed by atoms with Crippen molar-refractivity contribution in [2.24, 2.45) is 0 Å². The Hall–Kier alpha value is -0.730. The summed E-state index contributed by atoms with van der Waals surface area (Å²) in [6.07, 6.45) is 1.97. The first kappa shape index (κ1) is 10.4. The van der Waals surface area contributed by atoms with Gasteiger partial charge in [0.05, 0.1) is 11.6 Å². The lowest BCUT2D eigenvalue weighted by Crippen LogP contribution is -1.86. The maximum Gasteiger partial charge on any atom is 0.137 e. The number of hydrogen-bond acceptors (Lipinski definition) is 1. The van der Waals surface area contributed by atoms with Gasteiger partial charge in [-0.25, -0.2) is 4.98 Å². The highest BCUT2D eigenvalue weighted by molar-refractivity contribution is 6.16. The molecule has 0 bridgehead atoms. The molecule has 0 aliphatic carbocycles. The second-order valence-corrected chi connectivity index (χ2v) is 3.03. The molecule has 0 amide bonds. The number of halogens is 2. The average Bonchev–Trinajstić information content (AvgIpc) is 2.49. The van der Waals surface area contributed by atoms with Crippen LogP contribution in [-0.2, 0) is 5.88 Å². The fourth-order valence-corrected chi connectivity index (χ4v) is 1.39. The molecule has 0 atom stereocenters.